The first-order valence-corrected chi connectivity index (χ1v) is 5.45. The lowest BCUT2D eigenvalue weighted by atomic mass is 10.4. The standard InChI is InChI=1S/C9H9NO4S/c1-14-9(11)8(10)15(12,13)7-5-3-2-4-6-7/h2-6,10H,1H3. The largest absolute Gasteiger partial charge is 0.464 e. The summed E-state index contributed by atoms with van der Waals surface area (Å²) in [7, 11) is -3.02. The van der Waals surface area contributed by atoms with E-state index in [0.29, 0.717) is 0 Å². The van der Waals surface area contributed by atoms with Crippen molar-refractivity contribution in [1.29, 1.82) is 5.41 Å². The minimum atomic E-state index is -4.04. The van der Waals surface area contributed by atoms with Crippen molar-refractivity contribution in [2.24, 2.45) is 0 Å². The number of esters is 1. The maximum atomic E-state index is 11.6. The number of nitrogens with one attached hydrogen (secondary N) is 1. The number of methoxy groups -OCH3 is 1. The predicted molar refractivity (Wildman–Crippen MR) is 53.4 cm³/mol. The summed E-state index contributed by atoms with van der Waals surface area (Å²) in [5.74, 6) is -1.17. The fourth-order valence-electron chi connectivity index (χ4n) is 0.920. The second-order valence-corrected chi connectivity index (χ2v) is 4.52. The van der Waals surface area contributed by atoms with Gasteiger partial charge in [0.25, 0.3) is 0 Å². The van der Waals surface area contributed by atoms with E-state index < -0.39 is 20.9 Å². The van der Waals surface area contributed by atoms with Crippen LogP contribution in [0.15, 0.2) is 35.2 Å². The van der Waals surface area contributed by atoms with Gasteiger partial charge >= 0.3 is 5.97 Å². The SMILES string of the molecule is COC(=O)C(=N)S(=O)(=O)c1ccccc1. The van der Waals surface area contributed by atoms with E-state index in [1.165, 1.54) is 24.3 Å². The molecule has 0 aliphatic carbocycles. The van der Waals surface area contributed by atoms with Crippen molar-refractivity contribution in [3.8, 4) is 0 Å². The number of ether oxygens (including phenoxy) is 1. The molecule has 0 spiro atoms. The van der Waals surface area contributed by atoms with Crippen LogP contribution in [0.1, 0.15) is 0 Å². The van der Waals surface area contributed by atoms with E-state index in [0.717, 1.165) is 7.11 Å². The van der Waals surface area contributed by atoms with Gasteiger partial charge in [0.05, 0.1) is 12.0 Å². The van der Waals surface area contributed by atoms with Crippen LogP contribution in [0.5, 0.6) is 0 Å². The van der Waals surface area contributed by atoms with Crippen LogP contribution in [-0.2, 0) is 19.4 Å². The van der Waals surface area contributed by atoms with Crippen LogP contribution in [-0.4, -0.2) is 26.5 Å². The van der Waals surface area contributed by atoms with Crippen LogP contribution in [0.4, 0.5) is 0 Å². The third-order valence-electron chi connectivity index (χ3n) is 1.69. The summed E-state index contributed by atoms with van der Waals surface area (Å²) in [5, 5.41) is 6.11. The van der Waals surface area contributed by atoms with E-state index in [1.54, 1.807) is 6.07 Å². The van der Waals surface area contributed by atoms with Crippen LogP contribution in [0, 0.1) is 5.41 Å². The fraction of sp³-hybridized carbons (Fsp3) is 0.111. The van der Waals surface area contributed by atoms with Crippen molar-refractivity contribution in [1.82, 2.24) is 0 Å². The lowest BCUT2D eigenvalue weighted by molar-refractivity contribution is -0.132. The Labute approximate surface area is 87.1 Å². The van der Waals surface area contributed by atoms with Gasteiger partial charge in [0, 0.05) is 0 Å². The Bertz CT molecular complexity index is 478. The van der Waals surface area contributed by atoms with Gasteiger partial charge in [0.1, 0.15) is 0 Å². The van der Waals surface area contributed by atoms with Crippen molar-refractivity contribution >= 4 is 20.9 Å². The molecule has 0 aromatic heterocycles. The Morgan fingerprint density at radius 1 is 1.27 bits per heavy atom. The molecule has 0 radical (unpaired) electrons. The highest BCUT2D eigenvalue weighted by Gasteiger charge is 2.27. The Balaban J connectivity index is 3.16. The Hall–Kier alpha value is -1.69. The summed E-state index contributed by atoms with van der Waals surface area (Å²) >= 11 is 0. The third-order valence-corrected chi connectivity index (χ3v) is 3.29. The molecule has 0 fully saturated rings. The van der Waals surface area contributed by atoms with E-state index in [9.17, 15) is 13.2 Å². The van der Waals surface area contributed by atoms with Crippen molar-refractivity contribution in [3.05, 3.63) is 30.3 Å². The van der Waals surface area contributed by atoms with E-state index in [1.807, 2.05) is 0 Å². The van der Waals surface area contributed by atoms with Gasteiger partial charge in [-0.05, 0) is 12.1 Å². The first kappa shape index (κ1) is 11.4. The molecule has 0 saturated heterocycles. The Morgan fingerprint density at radius 3 is 2.27 bits per heavy atom. The smallest absolute Gasteiger partial charge is 0.368 e. The lowest BCUT2D eigenvalue weighted by Gasteiger charge is -2.03. The molecule has 80 valence electrons. The molecular formula is C9H9NO4S. The minimum absolute atomic E-state index is 0.0969. The number of benzene rings is 1. The monoisotopic (exact) mass is 227 g/mol. The lowest BCUT2D eigenvalue weighted by Crippen LogP contribution is -2.24. The van der Waals surface area contributed by atoms with Crippen LogP contribution < -0.4 is 0 Å². The summed E-state index contributed by atoms with van der Waals surface area (Å²) < 4.78 is 27.4. The molecule has 1 aromatic rings. The van der Waals surface area contributed by atoms with Gasteiger partial charge in [0.2, 0.25) is 14.9 Å². The predicted octanol–water partition coefficient (Wildman–Crippen LogP) is 0.611. The molecule has 15 heavy (non-hydrogen) atoms. The maximum Gasteiger partial charge on any atom is 0.368 e. The summed E-state index contributed by atoms with van der Waals surface area (Å²) in [6.07, 6.45) is 0. The van der Waals surface area contributed by atoms with Gasteiger partial charge in [-0.3, -0.25) is 5.41 Å². The molecular weight excluding hydrogens is 218 g/mol. The molecule has 0 heterocycles. The molecule has 6 heteroatoms. The van der Waals surface area contributed by atoms with Gasteiger partial charge < -0.3 is 4.74 Å². The zero-order valence-electron chi connectivity index (χ0n) is 7.93. The molecule has 0 bridgehead atoms. The first-order chi connectivity index (χ1) is 7.00. The number of sulfone groups is 1. The van der Waals surface area contributed by atoms with E-state index in [-0.39, 0.29) is 4.90 Å². The second-order valence-electron chi connectivity index (χ2n) is 2.64. The number of hydrogen-bond acceptors (Lipinski definition) is 5. The van der Waals surface area contributed by atoms with Crippen LogP contribution in [0.2, 0.25) is 0 Å². The molecule has 0 unspecified atom stereocenters. The maximum absolute atomic E-state index is 11.6. The van der Waals surface area contributed by atoms with Crippen molar-refractivity contribution in [2.45, 2.75) is 4.90 Å². The zero-order chi connectivity index (χ0) is 11.5. The van der Waals surface area contributed by atoms with E-state index in [4.69, 9.17) is 5.41 Å². The Morgan fingerprint density at radius 2 is 1.80 bits per heavy atom. The molecule has 0 saturated carbocycles. The van der Waals surface area contributed by atoms with Crippen molar-refractivity contribution in [3.63, 3.8) is 0 Å². The number of hydrogen-bond donors (Lipinski definition) is 1. The summed E-state index contributed by atoms with van der Waals surface area (Å²) in [4.78, 5) is 10.8. The van der Waals surface area contributed by atoms with Crippen molar-refractivity contribution in [2.75, 3.05) is 7.11 Å². The molecule has 0 aliphatic heterocycles. The topological polar surface area (TPSA) is 84.3 Å². The van der Waals surface area contributed by atoms with Crippen LogP contribution in [0.25, 0.3) is 0 Å². The molecule has 5 nitrogen and oxygen atoms in total. The normalized spacial score (nSPS) is 10.7. The van der Waals surface area contributed by atoms with Gasteiger partial charge in [-0.2, -0.15) is 0 Å². The molecule has 1 aromatic carbocycles. The van der Waals surface area contributed by atoms with Gasteiger partial charge in [-0.15, -0.1) is 0 Å². The summed E-state index contributed by atoms with van der Waals surface area (Å²) in [5.41, 5.74) is 0. The van der Waals surface area contributed by atoms with E-state index >= 15 is 0 Å². The third kappa shape index (κ3) is 2.21. The van der Waals surface area contributed by atoms with Gasteiger partial charge in [0.15, 0.2) is 0 Å². The number of rotatable bonds is 1. The minimum Gasteiger partial charge on any atom is -0.464 e. The average Bonchev–Trinajstić information content (AvgIpc) is 2.28. The summed E-state index contributed by atoms with van der Waals surface area (Å²) in [6.45, 7) is 0. The van der Waals surface area contributed by atoms with E-state index in [2.05, 4.69) is 4.74 Å². The molecule has 1 N–H and O–H groups in total. The highest BCUT2D eigenvalue weighted by atomic mass is 32.2. The van der Waals surface area contributed by atoms with Gasteiger partial charge in [-0.1, -0.05) is 18.2 Å². The second kappa shape index (κ2) is 4.22. The van der Waals surface area contributed by atoms with Crippen LogP contribution >= 0.6 is 0 Å². The number of carbonyl (C=O) groups is 1. The Kier molecular flexibility index (Phi) is 3.21. The quantitative estimate of drug-likeness (QED) is 0.433. The highest BCUT2D eigenvalue weighted by Crippen LogP contribution is 2.11. The first-order valence-electron chi connectivity index (χ1n) is 3.97. The van der Waals surface area contributed by atoms with Gasteiger partial charge in [-0.25, -0.2) is 13.2 Å². The number of carbonyl (C=O) groups excluding carboxylic acids is 1. The summed E-state index contributed by atoms with van der Waals surface area (Å²) in [6, 6.07) is 7.29. The highest BCUT2D eigenvalue weighted by molar-refractivity contribution is 8.08. The molecule has 0 aliphatic rings. The van der Waals surface area contributed by atoms with Crippen LogP contribution in [0.3, 0.4) is 0 Å². The molecule has 0 amide bonds. The fourth-order valence-corrected chi connectivity index (χ4v) is 1.97. The molecule has 1 rings (SSSR count). The molecule has 0 atom stereocenters. The average molecular weight is 227 g/mol. The zero-order valence-corrected chi connectivity index (χ0v) is 8.74. The van der Waals surface area contributed by atoms with Crippen molar-refractivity contribution < 1.29 is 17.9 Å².